The van der Waals surface area contributed by atoms with E-state index < -0.39 is 6.09 Å². The van der Waals surface area contributed by atoms with Crippen LogP contribution in [0.3, 0.4) is 0 Å². The number of aliphatic hydroxyl groups is 1. The monoisotopic (exact) mass is 293 g/mol. The smallest absolute Gasteiger partial charge is 0.411 e. The van der Waals surface area contributed by atoms with Gasteiger partial charge in [-0.15, -0.1) is 0 Å². The lowest BCUT2D eigenvalue weighted by Gasteiger charge is -2.07. The molecular weight excluding hydrogens is 285 g/mol. The van der Waals surface area contributed by atoms with E-state index >= 15 is 0 Å². The molecule has 15 heavy (non-hydrogen) atoms. The molecule has 6 heteroatoms. The molecule has 0 spiro atoms. The van der Waals surface area contributed by atoms with Crippen molar-refractivity contribution in [2.45, 2.75) is 0 Å². The van der Waals surface area contributed by atoms with Crippen LogP contribution in [-0.2, 0) is 4.74 Å². The van der Waals surface area contributed by atoms with Gasteiger partial charge in [-0.2, -0.15) is 0 Å². The lowest BCUT2D eigenvalue weighted by atomic mass is 10.3. The average molecular weight is 295 g/mol. The Morgan fingerprint density at radius 3 is 3.00 bits per heavy atom. The fourth-order valence-corrected chi connectivity index (χ4v) is 1.40. The molecule has 82 valence electrons. The summed E-state index contributed by atoms with van der Waals surface area (Å²) >= 11 is 9.08. The van der Waals surface area contributed by atoms with Gasteiger partial charge < -0.3 is 9.84 Å². The third-order valence-electron chi connectivity index (χ3n) is 1.49. The zero-order chi connectivity index (χ0) is 11.3. The van der Waals surface area contributed by atoms with Crippen molar-refractivity contribution in [3.8, 4) is 0 Å². The molecule has 1 amide bonds. The third kappa shape index (κ3) is 4.07. The van der Waals surface area contributed by atoms with E-state index in [4.69, 9.17) is 16.7 Å². The van der Waals surface area contributed by atoms with Crippen LogP contribution in [0.2, 0.25) is 5.02 Å². The number of halogens is 2. The normalized spacial score (nSPS) is 9.80. The van der Waals surface area contributed by atoms with Gasteiger partial charge in [-0.25, -0.2) is 4.79 Å². The van der Waals surface area contributed by atoms with Gasteiger partial charge in [0.05, 0.1) is 17.3 Å². The number of hydrogen-bond acceptors (Lipinski definition) is 3. The van der Waals surface area contributed by atoms with E-state index in [0.29, 0.717) is 10.7 Å². The molecule has 0 saturated carbocycles. The van der Waals surface area contributed by atoms with Gasteiger partial charge in [0, 0.05) is 4.47 Å². The van der Waals surface area contributed by atoms with Crippen LogP contribution in [0.1, 0.15) is 0 Å². The maximum Gasteiger partial charge on any atom is 0.411 e. The van der Waals surface area contributed by atoms with Crippen LogP contribution in [0.4, 0.5) is 10.5 Å². The lowest BCUT2D eigenvalue weighted by molar-refractivity contribution is 0.131. The van der Waals surface area contributed by atoms with Gasteiger partial charge in [0.25, 0.3) is 0 Å². The average Bonchev–Trinajstić information content (AvgIpc) is 2.20. The minimum Gasteiger partial charge on any atom is -0.447 e. The first kappa shape index (κ1) is 12.3. The fourth-order valence-electron chi connectivity index (χ4n) is 0.878. The van der Waals surface area contributed by atoms with Crippen molar-refractivity contribution < 1.29 is 14.6 Å². The van der Waals surface area contributed by atoms with Gasteiger partial charge in [0.15, 0.2) is 0 Å². The van der Waals surface area contributed by atoms with E-state index in [1.165, 1.54) is 0 Å². The molecule has 0 aromatic heterocycles. The first-order valence-electron chi connectivity index (χ1n) is 4.13. The summed E-state index contributed by atoms with van der Waals surface area (Å²) < 4.78 is 5.41. The molecule has 2 N–H and O–H groups in total. The van der Waals surface area contributed by atoms with Gasteiger partial charge in [-0.3, -0.25) is 5.32 Å². The molecule has 0 saturated heterocycles. The first-order valence-corrected chi connectivity index (χ1v) is 5.30. The van der Waals surface area contributed by atoms with Crippen molar-refractivity contribution in [1.29, 1.82) is 0 Å². The molecule has 0 heterocycles. The van der Waals surface area contributed by atoms with E-state index in [9.17, 15) is 4.79 Å². The minimum atomic E-state index is -0.649. The fraction of sp³-hybridized carbons (Fsp3) is 0.222. The Hall–Kier alpha value is -0.780. The quantitative estimate of drug-likeness (QED) is 0.901. The second-order valence-corrected chi connectivity index (χ2v) is 3.93. The summed E-state index contributed by atoms with van der Waals surface area (Å²) in [6.45, 7) is -0.253. The summed E-state index contributed by atoms with van der Waals surface area (Å²) in [5.74, 6) is 0. The van der Waals surface area contributed by atoms with Crippen LogP contribution in [0, 0.1) is 0 Å². The van der Waals surface area contributed by atoms with Crippen molar-refractivity contribution in [2.24, 2.45) is 0 Å². The van der Waals surface area contributed by atoms with Gasteiger partial charge in [-0.05, 0) is 18.2 Å². The van der Waals surface area contributed by atoms with Crippen molar-refractivity contribution in [3.63, 3.8) is 0 Å². The Balaban J connectivity index is 2.63. The summed E-state index contributed by atoms with van der Waals surface area (Å²) in [4.78, 5) is 11.1. The minimum absolute atomic E-state index is 0.0442. The highest BCUT2D eigenvalue weighted by Crippen LogP contribution is 2.25. The van der Waals surface area contributed by atoms with Crippen molar-refractivity contribution >= 4 is 39.3 Å². The highest BCUT2D eigenvalue weighted by molar-refractivity contribution is 9.10. The Labute approximate surface area is 100 Å². The van der Waals surface area contributed by atoms with Crippen LogP contribution in [-0.4, -0.2) is 24.4 Å². The largest absolute Gasteiger partial charge is 0.447 e. The molecule has 0 aliphatic heterocycles. The number of ether oxygens (including phenoxy) is 1. The topological polar surface area (TPSA) is 58.6 Å². The summed E-state index contributed by atoms with van der Waals surface area (Å²) in [6.07, 6.45) is -0.649. The molecule has 0 atom stereocenters. The Morgan fingerprint density at radius 2 is 2.33 bits per heavy atom. The molecule has 0 radical (unpaired) electrons. The number of anilines is 1. The summed E-state index contributed by atoms with van der Waals surface area (Å²) in [5.41, 5.74) is 0.453. The number of benzene rings is 1. The first-order chi connectivity index (χ1) is 7.13. The SMILES string of the molecule is O=C(Nc1cc(Br)ccc1Cl)OCCO. The lowest BCUT2D eigenvalue weighted by Crippen LogP contribution is -2.15. The Morgan fingerprint density at radius 1 is 1.60 bits per heavy atom. The molecule has 0 aliphatic rings. The Kier molecular flexibility index (Phi) is 4.87. The Bertz CT molecular complexity index is 359. The number of carbonyl (C=O) groups is 1. The second kappa shape index (κ2) is 5.95. The number of carbonyl (C=O) groups excluding carboxylic acids is 1. The second-order valence-electron chi connectivity index (χ2n) is 2.61. The van der Waals surface area contributed by atoms with Gasteiger partial charge >= 0.3 is 6.09 Å². The predicted molar refractivity (Wildman–Crippen MR) is 61.2 cm³/mol. The molecule has 1 rings (SSSR count). The van der Waals surface area contributed by atoms with E-state index in [-0.39, 0.29) is 13.2 Å². The molecule has 1 aromatic rings. The molecule has 0 fully saturated rings. The van der Waals surface area contributed by atoms with Crippen LogP contribution in [0.5, 0.6) is 0 Å². The van der Waals surface area contributed by atoms with E-state index in [1.54, 1.807) is 18.2 Å². The van der Waals surface area contributed by atoms with E-state index in [0.717, 1.165) is 4.47 Å². The summed E-state index contributed by atoms with van der Waals surface area (Å²) in [5, 5.41) is 11.3. The molecule has 0 bridgehead atoms. The standard InChI is InChI=1S/C9H9BrClNO3/c10-6-1-2-7(11)8(5-6)12-9(14)15-4-3-13/h1-2,5,13H,3-4H2,(H,12,14). The number of nitrogens with one attached hydrogen (secondary N) is 1. The number of aliphatic hydroxyl groups excluding tert-OH is 1. The van der Waals surface area contributed by atoms with Crippen molar-refractivity contribution in [1.82, 2.24) is 0 Å². The number of rotatable bonds is 3. The number of amides is 1. The zero-order valence-corrected chi connectivity index (χ0v) is 10.0. The molecule has 1 aromatic carbocycles. The molecule has 0 aliphatic carbocycles. The third-order valence-corrected chi connectivity index (χ3v) is 2.31. The maximum atomic E-state index is 11.1. The van der Waals surface area contributed by atoms with E-state index in [1.807, 2.05) is 0 Å². The highest BCUT2D eigenvalue weighted by Gasteiger charge is 2.06. The van der Waals surface area contributed by atoms with Gasteiger partial charge in [0.1, 0.15) is 6.61 Å². The van der Waals surface area contributed by atoms with Crippen molar-refractivity contribution in [2.75, 3.05) is 18.5 Å². The van der Waals surface area contributed by atoms with Gasteiger partial charge in [-0.1, -0.05) is 27.5 Å². The van der Waals surface area contributed by atoms with Crippen molar-refractivity contribution in [3.05, 3.63) is 27.7 Å². The summed E-state index contributed by atoms with van der Waals surface area (Å²) in [6, 6.07) is 5.06. The predicted octanol–water partition coefficient (Wildman–Crippen LogP) is 2.64. The summed E-state index contributed by atoms with van der Waals surface area (Å²) in [7, 11) is 0. The van der Waals surface area contributed by atoms with E-state index in [2.05, 4.69) is 26.0 Å². The maximum absolute atomic E-state index is 11.1. The molecule has 0 unspecified atom stereocenters. The molecule has 4 nitrogen and oxygen atoms in total. The van der Waals surface area contributed by atoms with Crippen LogP contribution in [0.25, 0.3) is 0 Å². The zero-order valence-electron chi connectivity index (χ0n) is 7.67. The van der Waals surface area contributed by atoms with Crippen LogP contribution >= 0.6 is 27.5 Å². The van der Waals surface area contributed by atoms with Crippen LogP contribution in [0.15, 0.2) is 22.7 Å². The molecular formula is C9H9BrClNO3. The number of hydrogen-bond donors (Lipinski definition) is 2. The van der Waals surface area contributed by atoms with Gasteiger partial charge in [0.2, 0.25) is 0 Å². The van der Waals surface area contributed by atoms with Crippen LogP contribution < -0.4 is 5.32 Å². The highest BCUT2D eigenvalue weighted by atomic mass is 79.9.